The summed E-state index contributed by atoms with van der Waals surface area (Å²) in [6.07, 6.45) is 63.8. The third-order valence-electron chi connectivity index (χ3n) is 13.6. The molecule has 1 amide bonds. The molecule has 0 aliphatic rings. The molecule has 0 aromatic carbocycles. The fourth-order valence-electron chi connectivity index (χ4n) is 9.11. The Morgan fingerprint density at radius 1 is 0.422 bits per heavy atom. The first-order chi connectivity index (χ1) is 31.5. The van der Waals surface area contributed by atoms with Crippen molar-refractivity contribution in [1.82, 2.24) is 5.32 Å². The van der Waals surface area contributed by atoms with Gasteiger partial charge >= 0.3 is 5.97 Å². The van der Waals surface area contributed by atoms with Crippen LogP contribution in [-0.2, 0) is 14.3 Å². The first-order valence-corrected chi connectivity index (χ1v) is 29.0. The average molecular weight is 905 g/mol. The Morgan fingerprint density at radius 3 is 1.06 bits per heavy atom. The Labute approximate surface area is 399 Å². The molecule has 64 heavy (non-hydrogen) atoms. The summed E-state index contributed by atoms with van der Waals surface area (Å²) in [7, 11) is 0. The molecule has 0 heterocycles. The molecule has 0 aromatic heterocycles. The Bertz CT molecular complexity index is 955. The van der Waals surface area contributed by atoms with E-state index in [1.54, 1.807) is 6.08 Å². The molecule has 0 fully saturated rings. The molecule has 2 unspecified atom stereocenters. The van der Waals surface area contributed by atoms with Crippen LogP contribution < -0.4 is 5.32 Å². The van der Waals surface area contributed by atoms with E-state index in [0.717, 1.165) is 38.5 Å². The van der Waals surface area contributed by atoms with E-state index < -0.39 is 12.1 Å². The van der Waals surface area contributed by atoms with Crippen LogP contribution >= 0.6 is 0 Å². The van der Waals surface area contributed by atoms with E-state index in [2.05, 4.69) is 19.2 Å². The number of rotatable bonds is 54. The summed E-state index contributed by atoms with van der Waals surface area (Å²) in [6, 6.07) is -0.628. The zero-order chi connectivity index (χ0) is 46.5. The summed E-state index contributed by atoms with van der Waals surface area (Å²) in [5.41, 5.74) is 0. The normalized spacial score (nSPS) is 12.6. The van der Waals surface area contributed by atoms with E-state index in [9.17, 15) is 19.8 Å². The molecular weight excluding hydrogens is 791 g/mol. The Morgan fingerprint density at radius 2 is 0.719 bits per heavy atom. The molecule has 0 aliphatic heterocycles. The predicted octanol–water partition coefficient (Wildman–Crippen LogP) is 17.7. The van der Waals surface area contributed by atoms with E-state index in [0.29, 0.717) is 19.4 Å². The number of amides is 1. The van der Waals surface area contributed by atoms with Crippen molar-refractivity contribution in [1.29, 1.82) is 0 Å². The van der Waals surface area contributed by atoms with Crippen LogP contribution in [0.5, 0.6) is 0 Å². The monoisotopic (exact) mass is 904 g/mol. The van der Waals surface area contributed by atoms with Crippen molar-refractivity contribution in [3.8, 4) is 0 Å². The van der Waals surface area contributed by atoms with Gasteiger partial charge in [0.1, 0.15) is 0 Å². The fraction of sp³-hybridized carbons (Fsp3) is 0.931. The van der Waals surface area contributed by atoms with Gasteiger partial charge in [0.05, 0.1) is 25.4 Å². The molecule has 0 saturated heterocycles. The summed E-state index contributed by atoms with van der Waals surface area (Å²) < 4.78 is 5.49. The Kier molecular flexibility index (Phi) is 53.0. The van der Waals surface area contributed by atoms with Crippen molar-refractivity contribution < 1.29 is 24.5 Å². The number of esters is 1. The third kappa shape index (κ3) is 50.0. The maximum Gasteiger partial charge on any atom is 0.305 e. The molecule has 6 nitrogen and oxygen atoms in total. The van der Waals surface area contributed by atoms with Crippen LogP contribution in [0.15, 0.2) is 12.2 Å². The highest BCUT2D eigenvalue weighted by Gasteiger charge is 2.18. The van der Waals surface area contributed by atoms with Gasteiger partial charge in [0, 0.05) is 12.8 Å². The SMILES string of the molecule is CCCCCCCCCCC/C=C/C(O)C(CO)NC(=O)CCCCCCCCCCCCCCCCCCCCOC(=O)CCCCCCCCCCCCCCCCCCCC. The molecule has 0 aromatic rings. The smallest absolute Gasteiger partial charge is 0.305 e. The summed E-state index contributed by atoms with van der Waals surface area (Å²) in [5, 5.41) is 23.0. The molecular formula is C58H113NO5. The summed E-state index contributed by atoms with van der Waals surface area (Å²) in [4.78, 5) is 24.5. The fourth-order valence-corrected chi connectivity index (χ4v) is 9.11. The molecule has 0 spiro atoms. The van der Waals surface area contributed by atoms with Crippen molar-refractivity contribution in [2.45, 2.75) is 334 Å². The number of aliphatic hydroxyl groups is 2. The van der Waals surface area contributed by atoms with Gasteiger partial charge in [-0.2, -0.15) is 0 Å². The number of allylic oxidation sites excluding steroid dienone is 1. The topological polar surface area (TPSA) is 95.9 Å². The lowest BCUT2D eigenvalue weighted by atomic mass is 10.0. The minimum atomic E-state index is -0.845. The van der Waals surface area contributed by atoms with Gasteiger partial charge in [-0.05, 0) is 32.1 Å². The number of carbonyl (C=O) groups is 2. The molecule has 0 bridgehead atoms. The molecule has 0 rings (SSSR count). The van der Waals surface area contributed by atoms with Gasteiger partial charge in [-0.1, -0.05) is 289 Å². The number of nitrogens with one attached hydrogen (secondary N) is 1. The van der Waals surface area contributed by atoms with Gasteiger partial charge < -0.3 is 20.3 Å². The summed E-state index contributed by atoms with van der Waals surface area (Å²) >= 11 is 0. The minimum Gasteiger partial charge on any atom is -0.466 e. The lowest BCUT2D eigenvalue weighted by Gasteiger charge is -2.20. The maximum absolute atomic E-state index is 12.4. The van der Waals surface area contributed by atoms with E-state index in [4.69, 9.17) is 4.74 Å². The summed E-state index contributed by atoms with van der Waals surface area (Å²) in [6.45, 7) is 4.90. The first kappa shape index (κ1) is 62.6. The second-order valence-electron chi connectivity index (χ2n) is 20.0. The van der Waals surface area contributed by atoms with Crippen LogP contribution in [0, 0.1) is 0 Å². The Hall–Kier alpha value is -1.40. The van der Waals surface area contributed by atoms with Crippen LogP contribution in [0.1, 0.15) is 322 Å². The molecule has 2 atom stereocenters. The molecule has 6 heteroatoms. The van der Waals surface area contributed by atoms with Gasteiger partial charge in [0.25, 0.3) is 0 Å². The van der Waals surface area contributed by atoms with Crippen LogP contribution in [-0.4, -0.2) is 47.4 Å². The lowest BCUT2D eigenvalue weighted by molar-refractivity contribution is -0.143. The highest BCUT2D eigenvalue weighted by molar-refractivity contribution is 5.76. The largest absolute Gasteiger partial charge is 0.466 e. The van der Waals surface area contributed by atoms with Crippen molar-refractivity contribution in [2.75, 3.05) is 13.2 Å². The summed E-state index contributed by atoms with van der Waals surface area (Å²) in [5.74, 6) is -0.0608. The van der Waals surface area contributed by atoms with E-state index in [1.807, 2.05) is 6.08 Å². The van der Waals surface area contributed by atoms with Gasteiger partial charge in [-0.15, -0.1) is 0 Å². The first-order valence-electron chi connectivity index (χ1n) is 29.0. The lowest BCUT2D eigenvalue weighted by Crippen LogP contribution is -2.45. The van der Waals surface area contributed by atoms with Crippen molar-refractivity contribution in [3.63, 3.8) is 0 Å². The highest BCUT2D eigenvalue weighted by Crippen LogP contribution is 2.17. The van der Waals surface area contributed by atoms with Gasteiger partial charge in [-0.25, -0.2) is 0 Å². The van der Waals surface area contributed by atoms with Gasteiger partial charge in [0.15, 0.2) is 0 Å². The van der Waals surface area contributed by atoms with Crippen molar-refractivity contribution in [3.05, 3.63) is 12.2 Å². The van der Waals surface area contributed by atoms with Crippen LogP contribution in [0.25, 0.3) is 0 Å². The van der Waals surface area contributed by atoms with Crippen LogP contribution in [0.2, 0.25) is 0 Å². The van der Waals surface area contributed by atoms with Crippen LogP contribution in [0.4, 0.5) is 0 Å². The predicted molar refractivity (Wildman–Crippen MR) is 278 cm³/mol. The maximum atomic E-state index is 12.4. The second-order valence-corrected chi connectivity index (χ2v) is 20.0. The molecule has 380 valence electrons. The zero-order valence-electron chi connectivity index (χ0n) is 43.3. The van der Waals surface area contributed by atoms with Gasteiger partial charge in [-0.3, -0.25) is 9.59 Å². The molecule has 0 aliphatic carbocycles. The molecule has 3 N–H and O–H groups in total. The second kappa shape index (κ2) is 54.2. The molecule has 0 saturated carbocycles. The number of carbonyl (C=O) groups excluding carboxylic acids is 2. The molecule has 0 radical (unpaired) electrons. The van der Waals surface area contributed by atoms with Crippen molar-refractivity contribution >= 4 is 11.9 Å². The average Bonchev–Trinajstić information content (AvgIpc) is 3.29. The number of hydrogen-bond donors (Lipinski definition) is 3. The number of hydrogen-bond acceptors (Lipinski definition) is 5. The highest BCUT2D eigenvalue weighted by atomic mass is 16.5. The zero-order valence-corrected chi connectivity index (χ0v) is 43.3. The van der Waals surface area contributed by atoms with Crippen LogP contribution in [0.3, 0.4) is 0 Å². The third-order valence-corrected chi connectivity index (χ3v) is 13.6. The Balaban J connectivity index is 3.37. The van der Waals surface area contributed by atoms with Gasteiger partial charge in [0.2, 0.25) is 5.91 Å². The van der Waals surface area contributed by atoms with E-state index >= 15 is 0 Å². The standard InChI is InChI=1S/C58H113NO5/c1-3-5-7-9-11-13-15-16-17-18-22-25-28-32-36-40-44-48-52-58(63)64-53-49-45-41-37-33-29-26-23-20-19-21-24-27-31-35-39-43-47-51-57(62)59-55(54-60)56(61)50-46-42-38-34-30-14-12-10-8-6-4-2/h46,50,55-56,60-61H,3-45,47-49,51-54H2,1-2H3,(H,59,62)/b50-46+. The minimum absolute atomic E-state index is 0.0111. The van der Waals surface area contributed by atoms with E-state index in [1.165, 1.54) is 257 Å². The number of ether oxygens (including phenoxy) is 1. The number of unbranched alkanes of at least 4 members (excludes halogenated alkanes) is 43. The quantitative estimate of drug-likeness (QED) is 0.0321. The van der Waals surface area contributed by atoms with E-state index in [-0.39, 0.29) is 18.5 Å². The number of aliphatic hydroxyl groups excluding tert-OH is 2. The van der Waals surface area contributed by atoms with Crippen molar-refractivity contribution in [2.24, 2.45) is 0 Å².